The normalized spacial score (nSPS) is 10.9. The molecule has 0 heterocycles. The Morgan fingerprint density at radius 2 is 1.65 bits per heavy atom. The van der Waals surface area contributed by atoms with E-state index in [1.54, 1.807) is 42.5 Å². The van der Waals surface area contributed by atoms with E-state index < -0.39 is 6.61 Å². The summed E-state index contributed by atoms with van der Waals surface area (Å²) in [5.74, 6) is -0.155. The molecule has 2 aromatic rings. The van der Waals surface area contributed by atoms with Gasteiger partial charge in [-0.05, 0) is 18.2 Å². The molecule has 0 aliphatic carbocycles. The molecule has 0 aromatic heterocycles. The van der Waals surface area contributed by atoms with Gasteiger partial charge in [-0.2, -0.15) is 8.78 Å². The molecule has 20 heavy (non-hydrogen) atoms. The SMILES string of the molecule is O=C(C=Cc1ccccc1OC(F)F)c1ccccc1. The molecule has 0 fully saturated rings. The first-order chi connectivity index (χ1) is 9.66. The number of ether oxygens (including phenoxy) is 1. The van der Waals surface area contributed by atoms with Gasteiger partial charge in [0.05, 0.1) is 0 Å². The second kappa shape index (κ2) is 6.61. The molecule has 2 nitrogen and oxygen atoms in total. The fourth-order valence-corrected chi connectivity index (χ4v) is 1.69. The second-order valence-corrected chi connectivity index (χ2v) is 3.98. The van der Waals surface area contributed by atoms with Crippen LogP contribution in [0.25, 0.3) is 6.08 Å². The number of allylic oxidation sites excluding steroid dienone is 1. The Morgan fingerprint density at radius 3 is 2.35 bits per heavy atom. The van der Waals surface area contributed by atoms with Gasteiger partial charge in [0.1, 0.15) is 5.75 Å². The molecule has 0 bridgehead atoms. The van der Waals surface area contributed by atoms with E-state index in [4.69, 9.17) is 0 Å². The number of alkyl halides is 2. The van der Waals surface area contributed by atoms with Crippen LogP contribution in [0.1, 0.15) is 15.9 Å². The lowest BCUT2D eigenvalue weighted by atomic mass is 10.1. The molecule has 0 saturated heterocycles. The molecule has 0 amide bonds. The minimum atomic E-state index is -2.89. The molecule has 0 saturated carbocycles. The number of ketones is 1. The van der Waals surface area contributed by atoms with E-state index in [1.165, 1.54) is 18.2 Å². The average molecular weight is 274 g/mol. The minimum absolute atomic E-state index is 0.0413. The summed E-state index contributed by atoms with van der Waals surface area (Å²) in [5, 5.41) is 0. The Morgan fingerprint density at radius 1 is 1.00 bits per heavy atom. The zero-order chi connectivity index (χ0) is 14.4. The highest BCUT2D eigenvalue weighted by Crippen LogP contribution is 2.21. The van der Waals surface area contributed by atoms with E-state index in [1.807, 2.05) is 6.07 Å². The van der Waals surface area contributed by atoms with E-state index in [-0.39, 0.29) is 11.5 Å². The van der Waals surface area contributed by atoms with Crippen molar-refractivity contribution in [2.24, 2.45) is 0 Å². The van der Waals surface area contributed by atoms with Crippen molar-refractivity contribution in [3.05, 3.63) is 71.8 Å². The average Bonchev–Trinajstić information content (AvgIpc) is 2.46. The zero-order valence-electron chi connectivity index (χ0n) is 10.5. The lowest BCUT2D eigenvalue weighted by Gasteiger charge is -2.07. The van der Waals surface area contributed by atoms with E-state index in [2.05, 4.69) is 4.74 Å². The highest BCUT2D eigenvalue weighted by molar-refractivity contribution is 6.06. The molecule has 0 aliphatic heterocycles. The van der Waals surface area contributed by atoms with Crippen molar-refractivity contribution in [2.45, 2.75) is 6.61 Å². The van der Waals surface area contributed by atoms with Crippen molar-refractivity contribution >= 4 is 11.9 Å². The molecule has 0 N–H and O–H groups in total. The molecule has 2 aromatic carbocycles. The van der Waals surface area contributed by atoms with E-state index >= 15 is 0 Å². The zero-order valence-corrected chi connectivity index (χ0v) is 10.5. The van der Waals surface area contributed by atoms with Gasteiger partial charge in [0, 0.05) is 11.1 Å². The topological polar surface area (TPSA) is 26.3 Å². The molecular formula is C16H12F2O2. The third-order valence-corrected chi connectivity index (χ3v) is 2.61. The molecule has 0 aliphatic rings. The van der Waals surface area contributed by atoms with Gasteiger partial charge in [-0.1, -0.05) is 48.5 Å². The minimum Gasteiger partial charge on any atom is -0.434 e. The van der Waals surface area contributed by atoms with Gasteiger partial charge in [0.25, 0.3) is 0 Å². The third kappa shape index (κ3) is 3.75. The summed E-state index contributed by atoms with van der Waals surface area (Å²) in [5.41, 5.74) is 0.966. The Labute approximate surface area is 115 Å². The maximum atomic E-state index is 12.3. The van der Waals surface area contributed by atoms with Crippen LogP contribution in [0.2, 0.25) is 0 Å². The smallest absolute Gasteiger partial charge is 0.387 e. The number of halogens is 2. The van der Waals surface area contributed by atoms with E-state index in [0.29, 0.717) is 11.1 Å². The second-order valence-electron chi connectivity index (χ2n) is 3.98. The van der Waals surface area contributed by atoms with Crippen molar-refractivity contribution in [3.8, 4) is 5.75 Å². The summed E-state index contributed by atoms with van der Waals surface area (Å²) >= 11 is 0. The van der Waals surface area contributed by atoms with Crippen LogP contribution < -0.4 is 4.74 Å². The molecule has 0 atom stereocenters. The van der Waals surface area contributed by atoms with E-state index in [0.717, 1.165) is 0 Å². The molecule has 0 spiro atoms. The van der Waals surface area contributed by atoms with Gasteiger partial charge in [-0.3, -0.25) is 4.79 Å². The largest absolute Gasteiger partial charge is 0.434 e. The number of benzene rings is 2. The van der Waals surface area contributed by atoms with Gasteiger partial charge in [-0.25, -0.2) is 0 Å². The standard InChI is InChI=1S/C16H12F2O2/c17-16(18)20-15-9-5-4-8-13(15)10-11-14(19)12-6-2-1-3-7-12/h1-11,16H. The summed E-state index contributed by atoms with van der Waals surface area (Å²) < 4.78 is 28.9. The van der Waals surface area contributed by atoms with Crippen molar-refractivity contribution in [1.82, 2.24) is 0 Å². The van der Waals surface area contributed by atoms with Crippen LogP contribution in [-0.2, 0) is 0 Å². The van der Waals surface area contributed by atoms with Gasteiger partial charge >= 0.3 is 6.61 Å². The Hall–Kier alpha value is -2.49. The first-order valence-electron chi connectivity index (χ1n) is 5.98. The predicted octanol–water partition coefficient (Wildman–Crippen LogP) is 4.18. The van der Waals surface area contributed by atoms with Gasteiger partial charge in [0.15, 0.2) is 5.78 Å². The molecule has 4 heteroatoms. The van der Waals surface area contributed by atoms with Crippen LogP contribution in [0.4, 0.5) is 8.78 Å². The highest BCUT2D eigenvalue weighted by Gasteiger charge is 2.07. The maximum Gasteiger partial charge on any atom is 0.387 e. The Kier molecular flexibility index (Phi) is 4.60. The molecule has 102 valence electrons. The first-order valence-corrected chi connectivity index (χ1v) is 5.98. The van der Waals surface area contributed by atoms with Crippen molar-refractivity contribution in [3.63, 3.8) is 0 Å². The molecule has 0 radical (unpaired) electrons. The number of para-hydroxylation sites is 1. The van der Waals surface area contributed by atoms with Crippen LogP contribution in [0.15, 0.2) is 60.7 Å². The third-order valence-electron chi connectivity index (χ3n) is 2.61. The summed E-state index contributed by atoms with van der Waals surface area (Å²) in [7, 11) is 0. The van der Waals surface area contributed by atoms with Crippen molar-refractivity contribution < 1.29 is 18.3 Å². The highest BCUT2D eigenvalue weighted by atomic mass is 19.3. The van der Waals surface area contributed by atoms with Crippen molar-refractivity contribution in [1.29, 1.82) is 0 Å². The molecule has 0 unspecified atom stereocenters. The van der Waals surface area contributed by atoms with Gasteiger partial charge in [0.2, 0.25) is 0 Å². The summed E-state index contributed by atoms with van der Waals surface area (Å²) in [6, 6.07) is 15.0. The fraction of sp³-hybridized carbons (Fsp3) is 0.0625. The Balaban J connectivity index is 2.17. The lowest BCUT2D eigenvalue weighted by Crippen LogP contribution is -2.03. The summed E-state index contributed by atoms with van der Waals surface area (Å²) in [6.07, 6.45) is 2.80. The first kappa shape index (κ1) is 13.9. The summed E-state index contributed by atoms with van der Waals surface area (Å²) in [6.45, 7) is -2.89. The van der Waals surface area contributed by atoms with Crippen LogP contribution in [0.3, 0.4) is 0 Å². The monoisotopic (exact) mass is 274 g/mol. The summed E-state index contributed by atoms with van der Waals surface area (Å²) in [4.78, 5) is 11.9. The molecular weight excluding hydrogens is 262 g/mol. The van der Waals surface area contributed by atoms with Crippen LogP contribution in [0.5, 0.6) is 5.75 Å². The number of hydrogen-bond acceptors (Lipinski definition) is 2. The molecule has 2 rings (SSSR count). The van der Waals surface area contributed by atoms with E-state index in [9.17, 15) is 13.6 Å². The van der Waals surface area contributed by atoms with Crippen LogP contribution >= 0.6 is 0 Å². The van der Waals surface area contributed by atoms with Gasteiger partial charge in [-0.15, -0.1) is 0 Å². The predicted molar refractivity (Wildman–Crippen MR) is 72.9 cm³/mol. The fourth-order valence-electron chi connectivity index (χ4n) is 1.69. The quantitative estimate of drug-likeness (QED) is 0.603. The lowest BCUT2D eigenvalue weighted by molar-refractivity contribution is -0.0499. The van der Waals surface area contributed by atoms with Crippen molar-refractivity contribution in [2.75, 3.05) is 0 Å². The van der Waals surface area contributed by atoms with Gasteiger partial charge < -0.3 is 4.74 Å². The number of carbonyl (C=O) groups excluding carboxylic acids is 1. The van der Waals surface area contributed by atoms with Crippen LogP contribution in [-0.4, -0.2) is 12.4 Å². The maximum absolute atomic E-state index is 12.3. The number of rotatable bonds is 5. The number of carbonyl (C=O) groups is 1. The Bertz CT molecular complexity index is 607. The van der Waals surface area contributed by atoms with Crippen LogP contribution in [0, 0.1) is 0 Å². The number of hydrogen-bond donors (Lipinski definition) is 0.